The fourth-order valence-electron chi connectivity index (χ4n) is 3.24. The summed E-state index contributed by atoms with van der Waals surface area (Å²) in [6.45, 7) is 1.66. The first-order chi connectivity index (χ1) is 15.5. The lowest BCUT2D eigenvalue weighted by molar-refractivity contribution is -0.145. The molecular formula is C24H34N2O5S. The molecule has 1 heterocycles. The zero-order valence-electron chi connectivity index (χ0n) is 18.6. The van der Waals surface area contributed by atoms with Gasteiger partial charge in [0, 0.05) is 30.4 Å². The third-order valence-electron chi connectivity index (χ3n) is 5.05. The van der Waals surface area contributed by atoms with E-state index in [1.165, 1.54) is 5.56 Å². The van der Waals surface area contributed by atoms with Crippen molar-refractivity contribution >= 4 is 29.5 Å². The van der Waals surface area contributed by atoms with Gasteiger partial charge >= 0.3 is 5.97 Å². The molecule has 2 amide bonds. The second-order valence-corrected chi connectivity index (χ2v) is 9.07. The first kappa shape index (κ1) is 25.9. The highest BCUT2D eigenvalue weighted by molar-refractivity contribution is 7.98. The molecule has 1 aromatic carbocycles. The molecule has 2 rings (SSSR count). The number of aliphatic hydroxyl groups excluding tert-OH is 1. The van der Waals surface area contributed by atoms with Crippen LogP contribution in [0.4, 0.5) is 0 Å². The summed E-state index contributed by atoms with van der Waals surface area (Å²) < 4.78 is 5.40. The summed E-state index contributed by atoms with van der Waals surface area (Å²) >= 11 is 1.66. The van der Waals surface area contributed by atoms with Gasteiger partial charge in [0.1, 0.15) is 6.61 Å². The summed E-state index contributed by atoms with van der Waals surface area (Å²) in [7, 11) is 0. The Bertz CT molecular complexity index is 756. The van der Waals surface area contributed by atoms with Gasteiger partial charge in [0.15, 0.2) is 0 Å². The van der Waals surface area contributed by atoms with E-state index in [2.05, 4.69) is 10.6 Å². The van der Waals surface area contributed by atoms with E-state index in [0.717, 1.165) is 5.75 Å². The van der Waals surface area contributed by atoms with Crippen molar-refractivity contribution in [3.05, 3.63) is 48.0 Å². The number of carbonyl (C=O) groups excluding carboxylic acids is 3. The molecule has 1 aliphatic rings. The first-order valence-electron chi connectivity index (χ1n) is 11.1. The Kier molecular flexibility index (Phi) is 11.9. The number of hydrogen-bond donors (Lipinski definition) is 3. The maximum absolute atomic E-state index is 13.0. The molecule has 3 atom stereocenters. The van der Waals surface area contributed by atoms with E-state index in [0.29, 0.717) is 31.4 Å². The van der Waals surface area contributed by atoms with Crippen molar-refractivity contribution in [2.24, 2.45) is 5.92 Å². The fourth-order valence-corrected chi connectivity index (χ4v) is 4.25. The Morgan fingerprint density at radius 2 is 2.06 bits per heavy atom. The highest BCUT2D eigenvalue weighted by Gasteiger charge is 2.25. The normalized spacial score (nSPS) is 21.3. The molecule has 0 saturated carbocycles. The first-order valence-corrected chi connectivity index (χ1v) is 12.3. The Labute approximate surface area is 194 Å². The number of ether oxygens (including phenoxy) is 1. The largest absolute Gasteiger partial charge is 0.463 e. The molecule has 1 aliphatic heterocycles. The van der Waals surface area contributed by atoms with E-state index >= 15 is 0 Å². The molecule has 7 nitrogen and oxygen atoms in total. The number of hydrogen-bond acceptors (Lipinski definition) is 6. The van der Waals surface area contributed by atoms with Crippen molar-refractivity contribution < 1.29 is 24.2 Å². The molecule has 0 spiro atoms. The lowest BCUT2D eigenvalue weighted by Crippen LogP contribution is -2.45. The maximum Gasteiger partial charge on any atom is 0.305 e. The molecule has 0 fully saturated rings. The second-order valence-electron chi connectivity index (χ2n) is 8.04. The third kappa shape index (κ3) is 10.3. The molecule has 3 unspecified atom stereocenters. The van der Waals surface area contributed by atoms with E-state index in [1.807, 2.05) is 42.5 Å². The number of amides is 2. The summed E-state index contributed by atoms with van der Waals surface area (Å²) in [6.07, 6.45) is 6.04. The highest BCUT2D eigenvalue weighted by atomic mass is 32.2. The zero-order chi connectivity index (χ0) is 23.2. The number of benzene rings is 1. The molecular weight excluding hydrogens is 428 g/mol. The lowest BCUT2D eigenvalue weighted by atomic mass is 9.98. The molecule has 176 valence electrons. The van der Waals surface area contributed by atoms with Crippen molar-refractivity contribution in [2.45, 2.75) is 56.9 Å². The quantitative estimate of drug-likeness (QED) is 0.405. The van der Waals surface area contributed by atoms with Gasteiger partial charge in [-0.25, -0.2) is 0 Å². The number of allylic oxidation sites excluding steroid dienone is 2. The number of thioether (sulfide) groups is 1. The number of nitrogens with one attached hydrogen (secondary N) is 2. The third-order valence-corrected chi connectivity index (χ3v) is 6.22. The van der Waals surface area contributed by atoms with Gasteiger partial charge in [-0.3, -0.25) is 14.4 Å². The van der Waals surface area contributed by atoms with Gasteiger partial charge in [0.05, 0.1) is 18.6 Å². The second kappa shape index (κ2) is 14.7. The molecule has 0 aromatic heterocycles. The van der Waals surface area contributed by atoms with Gasteiger partial charge in [-0.05, 0) is 31.7 Å². The van der Waals surface area contributed by atoms with Crippen LogP contribution in [-0.4, -0.2) is 53.9 Å². The van der Waals surface area contributed by atoms with Crippen LogP contribution in [-0.2, 0) is 24.9 Å². The van der Waals surface area contributed by atoms with E-state index in [9.17, 15) is 14.4 Å². The van der Waals surface area contributed by atoms with Crippen molar-refractivity contribution in [2.75, 3.05) is 19.0 Å². The van der Waals surface area contributed by atoms with Crippen LogP contribution in [0.1, 0.15) is 44.6 Å². The molecule has 0 bridgehead atoms. The van der Waals surface area contributed by atoms with Gasteiger partial charge in [0.25, 0.3) is 0 Å². The summed E-state index contributed by atoms with van der Waals surface area (Å²) in [4.78, 5) is 37.3. The summed E-state index contributed by atoms with van der Waals surface area (Å²) in [5.74, 6) is 0.0703. The maximum atomic E-state index is 13.0. The summed E-state index contributed by atoms with van der Waals surface area (Å²) in [5.41, 5.74) is 1.18. The van der Waals surface area contributed by atoms with Crippen LogP contribution < -0.4 is 10.6 Å². The molecule has 8 heteroatoms. The summed E-state index contributed by atoms with van der Waals surface area (Å²) in [6, 6.07) is 9.33. The van der Waals surface area contributed by atoms with Crippen LogP contribution in [0.15, 0.2) is 42.5 Å². The Morgan fingerprint density at radius 3 is 2.81 bits per heavy atom. The minimum Gasteiger partial charge on any atom is -0.463 e. The Hall–Kier alpha value is -2.32. The topological polar surface area (TPSA) is 105 Å². The number of cyclic esters (lactones) is 1. The Morgan fingerprint density at radius 1 is 1.28 bits per heavy atom. The standard InChI is InChI=1S/C24H34N2O5S/c1-18(14-27)25-22(28)13-20-11-7-2-3-8-12-23(29)31-15-21(26-24(20)30)17-32-16-19-9-5-4-6-10-19/h2,4-7,9-10,18,20-21,27H,3,8,11-17H2,1H3,(H,25,28)(H,26,30). The number of rotatable bonds is 8. The van der Waals surface area contributed by atoms with Crippen LogP contribution in [0.3, 0.4) is 0 Å². The van der Waals surface area contributed by atoms with Crippen molar-refractivity contribution in [3.63, 3.8) is 0 Å². The minimum absolute atomic E-state index is 0.0319. The van der Waals surface area contributed by atoms with Gasteiger partial charge in [-0.15, -0.1) is 0 Å². The van der Waals surface area contributed by atoms with Gasteiger partial charge in [-0.2, -0.15) is 11.8 Å². The molecule has 0 radical (unpaired) electrons. The summed E-state index contributed by atoms with van der Waals surface area (Å²) in [5, 5.41) is 14.8. The van der Waals surface area contributed by atoms with Crippen LogP contribution in [0.25, 0.3) is 0 Å². The van der Waals surface area contributed by atoms with Crippen LogP contribution in [0.2, 0.25) is 0 Å². The predicted octanol–water partition coefficient (Wildman–Crippen LogP) is 2.58. The average molecular weight is 463 g/mol. The molecule has 0 saturated heterocycles. The molecule has 32 heavy (non-hydrogen) atoms. The van der Waals surface area contributed by atoms with Crippen LogP contribution in [0, 0.1) is 5.92 Å². The molecule has 3 N–H and O–H groups in total. The van der Waals surface area contributed by atoms with E-state index in [-0.39, 0.29) is 49.5 Å². The smallest absolute Gasteiger partial charge is 0.305 e. The zero-order valence-corrected chi connectivity index (χ0v) is 19.4. The SMILES string of the molecule is CC(CO)NC(=O)CC1CC=CCCCC(=O)OCC(CSCc2ccccc2)NC1=O. The number of carbonyl (C=O) groups is 3. The highest BCUT2D eigenvalue weighted by Crippen LogP contribution is 2.16. The number of esters is 1. The predicted molar refractivity (Wildman–Crippen MR) is 126 cm³/mol. The van der Waals surface area contributed by atoms with Crippen LogP contribution >= 0.6 is 11.8 Å². The van der Waals surface area contributed by atoms with E-state index < -0.39 is 5.92 Å². The molecule has 1 aromatic rings. The van der Waals surface area contributed by atoms with Crippen molar-refractivity contribution in [1.82, 2.24) is 10.6 Å². The van der Waals surface area contributed by atoms with E-state index in [4.69, 9.17) is 9.84 Å². The Balaban J connectivity index is 2.02. The number of aliphatic hydroxyl groups is 1. The average Bonchev–Trinajstić information content (AvgIpc) is 2.79. The van der Waals surface area contributed by atoms with Gasteiger partial charge in [0.2, 0.25) is 11.8 Å². The van der Waals surface area contributed by atoms with Crippen LogP contribution in [0.5, 0.6) is 0 Å². The van der Waals surface area contributed by atoms with Gasteiger partial charge < -0.3 is 20.5 Å². The molecule has 0 aliphatic carbocycles. The van der Waals surface area contributed by atoms with E-state index in [1.54, 1.807) is 18.7 Å². The van der Waals surface area contributed by atoms with Crippen molar-refractivity contribution in [3.8, 4) is 0 Å². The lowest BCUT2D eigenvalue weighted by Gasteiger charge is -2.22. The minimum atomic E-state index is -0.532. The van der Waals surface area contributed by atoms with Gasteiger partial charge in [-0.1, -0.05) is 42.5 Å². The fraction of sp³-hybridized carbons (Fsp3) is 0.542. The van der Waals surface area contributed by atoms with Crippen molar-refractivity contribution in [1.29, 1.82) is 0 Å². The monoisotopic (exact) mass is 462 g/mol.